The van der Waals surface area contributed by atoms with Crippen molar-refractivity contribution in [2.45, 2.75) is 18.0 Å². The van der Waals surface area contributed by atoms with Crippen LogP contribution in [0.15, 0.2) is 100 Å². The van der Waals surface area contributed by atoms with E-state index in [-0.39, 0.29) is 24.2 Å². The number of hydrogen-bond acceptors (Lipinski definition) is 4. The van der Waals surface area contributed by atoms with Crippen LogP contribution in [0.25, 0.3) is 6.08 Å². The highest BCUT2D eigenvalue weighted by Gasteiger charge is 2.30. The van der Waals surface area contributed by atoms with Crippen molar-refractivity contribution in [2.24, 2.45) is 0 Å². The molecule has 4 aromatic rings. The smallest absolute Gasteiger partial charge is 0.265 e. The van der Waals surface area contributed by atoms with Crippen LogP contribution in [0.5, 0.6) is 0 Å². The number of fused-ring (bicyclic) bond motifs is 1. The Kier molecular flexibility index (Phi) is 6.79. The van der Waals surface area contributed by atoms with Crippen molar-refractivity contribution < 1.29 is 14.0 Å². The molecule has 1 aliphatic rings. The van der Waals surface area contributed by atoms with Crippen LogP contribution in [-0.2, 0) is 17.9 Å². The zero-order valence-electron chi connectivity index (χ0n) is 18.6. The molecular formula is C28H21FN2O2S2. The number of amides is 2. The summed E-state index contributed by atoms with van der Waals surface area (Å²) in [5.41, 5.74) is 2.87. The number of carbonyl (C=O) groups is 2. The van der Waals surface area contributed by atoms with Crippen LogP contribution in [0, 0.1) is 5.82 Å². The third kappa shape index (κ3) is 5.37. The van der Waals surface area contributed by atoms with E-state index in [0.29, 0.717) is 22.7 Å². The van der Waals surface area contributed by atoms with Crippen LogP contribution in [0.4, 0.5) is 10.1 Å². The SMILES string of the molecule is O=C(NCc1cccs1)c1ccc2c(c1)N(Cc1ccc(F)cc1)C(=O)C(=Cc1ccccc1)S2. The standard InChI is InChI=1S/C28H21FN2O2S2/c29-22-11-8-20(9-12-22)18-31-24-16-21(27(32)30-17-23-7-4-14-34-23)10-13-25(24)35-26(28(31)33)15-19-5-2-1-3-6-19/h1-16H,17-18H2,(H,30,32). The van der Waals surface area contributed by atoms with E-state index in [0.717, 1.165) is 20.9 Å². The molecule has 7 heteroatoms. The van der Waals surface area contributed by atoms with Crippen LogP contribution in [0.1, 0.15) is 26.4 Å². The number of thiophene rings is 1. The van der Waals surface area contributed by atoms with E-state index in [4.69, 9.17) is 0 Å². The Morgan fingerprint density at radius 2 is 1.77 bits per heavy atom. The van der Waals surface area contributed by atoms with Crippen molar-refractivity contribution in [1.29, 1.82) is 0 Å². The highest BCUT2D eigenvalue weighted by atomic mass is 32.2. The number of nitrogens with one attached hydrogen (secondary N) is 1. The number of carbonyl (C=O) groups excluding carboxylic acids is 2. The lowest BCUT2D eigenvalue weighted by molar-refractivity contribution is -0.114. The van der Waals surface area contributed by atoms with Crippen molar-refractivity contribution in [3.63, 3.8) is 0 Å². The molecule has 0 saturated heterocycles. The first-order valence-electron chi connectivity index (χ1n) is 11.0. The molecule has 2 heterocycles. The van der Waals surface area contributed by atoms with E-state index in [9.17, 15) is 14.0 Å². The Hall–Kier alpha value is -3.68. The minimum Gasteiger partial charge on any atom is -0.347 e. The molecule has 1 N–H and O–H groups in total. The minimum atomic E-state index is -0.330. The fourth-order valence-corrected chi connectivity index (χ4v) is 5.45. The van der Waals surface area contributed by atoms with E-state index < -0.39 is 0 Å². The van der Waals surface area contributed by atoms with Crippen molar-refractivity contribution >= 4 is 46.7 Å². The summed E-state index contributed by atoms with van der Waals surface area (Å²) in [6, 6.07) is 25.1. The van der Waals surface area contributed by atoms with E-state index in [1.165, 1.54) is 23.9 Å². The number of hydrogen-bond donors (Lipinski definition) is 1. The van der Waals surface area contributed by atoms with Crippen LogP contribution < -0.4 is 10.2 Å². The largest absolute Gasteiger partial charge is 0.347 e. The van der Waals surface area contributed by atoms with E-state index in [1.54, 1.807) is 40.5 Å². The molecule has 0 atom stereocenters. The van der Waals surface area contributed by atoms with Gasteiger partial charge in [-0.3, -0.25) is 9.59 Å². The van der Waals surface area contributed by atoms with Gasteiger partial charge in [-0.15, -0.1) is 11.3 Å². The zero-order valence-corrected chi connectivity index (χ0v) is 20.2. The molecule has 174 valence electrons. The van der Waals surface area contributed by atoms with Crippen molar-refractivity contribution in [3.05, 3.63) is 123 Å². The lowest BCUT2D eigenvalue weighted by atomic mass is 10.1. The fourth-order valence-electron chi connectivity index (χ4n) is 3.76. The molecule has 2 amide bonds. The second kappa shape index (κ2) is 10.3. The average Bonchev–Trinajstić information content (AvgIpc) is 3.40. The highest BCUT2D eigenvalue weighted by Crippen LogP contribution is 2.43. The van der Waals surface area contributed by atoms with Crippen LogP contribution in [0.2, 0.25) is 0 Å². The second-order valence-corrected chi connectivity index (χ2v) is 10.1. The summed E-state index contributed by atoms with van der Waals surface area (Å²) in [6.45, 7) is 0.712. The predicted octanol–water partition coefficient (Wildman–Crippen LogP) is 6.50. The Morgan fingerprint density at radius 1 is 0.971 bits per heavy atom. The molecule has 3 aromatic carbocycles. The maximum Gasteiger partial charge on any atom is 0.265 e. The van der Waals surface area contributed by atoms with Crippen molar-refractivity contribution in [1.82, 2.24) is 5.32 Å². The monoisotopic (exact) mass is 500 g/mol. The number of thioether (sulfide) groups is 1. The van der Waals surface area contributed by atoms with Gasteiger partial charge in [0, 0.05) is 15.3 Å². The molecule has 0 bridgehead atoms. The molecular weight excluding hydrogens is 479 g/mol. The Balaban J connectivity index is 1.48. The number of nitrogens with zero attached hydrogens (tertiary/aromatic N) is 1. The summed E-state index contributed by atoms with van der Waals surface area (Å²) in [5.74, 6) is -0.693. The Bertz CT molecular complexity index is 1380. The van der Waals surface area contributed by atoms with Gasteiger partial charge in [-0.2, -0.15) is 0 Å². The van der Waals surface area contributed by atoms with Gasteiger partial charge >= 0.3 is 0 Å². The first-order valence-corrected chi connectivity index (χ1v) is 12.7. The molecule has 1 aliphatic heterocycles. The molecule has 0 unspecified atom stereocenters. The molecule has 0 radical (unpaired) electrons. The van der Waals surface area contributed by atoms with Gasteiger partial charge < -0.3 is 10.2 Å². The third-order valence-electron chi connectivity index (χ3n) is 5.54. The summed E-state index contributed by atoms with van der Waals surface area (Å²) in [7, 11) is 0. The molecule has 0 fully saturated rings. The van der Waals surface area contributed by atoms with Crippen molar-refractivity contribution in [2.75, 3.05) is 4.90 Å². The van der Waals surface area contributed by atoms with Gasteiger partial charge in [-0.05, 0) is 59.0 Å². The van der Waals surface area contributed by atoms with E-state index >= 15 is 0 Å². The number of rotatable bonds is 6. The van der Waals surface area contributed by atoms with Crippen LogP contribution >= 0.6 is 23.1 Å². The number of benzene rings is 3. The van der Waals surface area contributed by atoms with Gasteiger partial charge in [0.05, 0.1) is 23.7 Å². The molecule has 0 saturated carbocycles. The van der Waals surface area contributed by atoms with E-state index in [1.807, 2.05) is 60.0 Å². The molecule has 35 heavy (non-hydrogen) atoms. The van der Waals surface area contributed by atoms with Gasteiger partial charge in [-0.25, -0.2) is 4.39 Å². The lowest BCUT2D eigenvalue weighted by Gasteiger charge is -2.31. The van der Waals surface area contributed by atoms with Crippen molar-refractivity contribution in [3.8, 4) is 0 Å². The van der Waals surface area contributed by atoms with Gasteiger partial charge in [0.25, 0.3) is 11.8 Å². The zero-order chi connectivity index (χ0) is 24.2. The van der Waals surface area contributed by atoms with Crippen LogP contribution in [-0.4, -0.2) is 11.8 Å². The predicted molar refractivity (Wildman–Crippen MR) is 140 cm³/mol. The summed E-state index contributed by atoms with van der Waals surface area (Å²) in [6.07, 6.45) is 1.87. The summed E-state index contributed by atoms with van der Waals surface area (Å²) >= 11 is 2.97. The Labute approximate surface area is 211 Å². The van der Waals surface area contributed by atoms with Gasteiger partial charge in [-0.1, -0.05) is 60.3 Å². The fraction of sp³-hybridized carbons (Fsp3) is 0.0714. The molecule has 1 aromatic heterocycles. The van der Waals surface area contributed by atoms with Gasteiger partial charge in [0.2, 0.25) is 0 Å². The first-order chi connectivity index (χ1) is 17.1. The first kappa shape index (κ1) is 23.1. The summed E-state index contributed by atoms with van der Waals surface area (Å²) < 4.78 is 13.5. The maximum atomic E-state index is 13.6. The average molecular weight is 501 g/mol. The molecule has 4 nitrogen and oxygen atoms in total. The maximum absolute atomic E-state index is 13.6. The topological polar surface area (TPSA) is 49.4 Å². The Morgan fingerprint density at radius 3 is 2.51 bits per heavy atom. The number of anilines is 1. The summed E-state index contributed by atoms with van der Waals surface area (Å²) in [4.78, 5) is 30.6. The molecule has 5 rings (SSSR count). The molecule has 0 aliphatic carbocycles. The minimum absolute atomic E-state index is 0.160. The van der Waals surface area contributed by atoms with Crippen LogP contribution in [0.3, 0.4) is 0 Å². The number of halogens is 1. The highest BCUT2D eigenvalue weighted by molar-refractivity contribution is 8.04. The quantitative estimate of drug-likeness (QED) is 0.308. The van der Waals surface area contributed by atoms with E-state index in [2.05, 4.69) is 5.32 Å². The molecule has 0 spiro atoms. The lowest BCUT2D eigenvalue weighted by Crippen LogP contribution is -2.34. The summed E-state index contributed by atoms with van der Waals surface area (Å²) in [5, 5.41) is 4.91. The normalized spacial score (nSPS) is 14.1. The van der Waals surface area contributed by atoms with Gasteiger partial charge in [0.15, 0.2) is 0 Å². The van der Waals surface area contributed by atoms with Gasteiger partial charge in [0.1, 0.15) is 5.82 Å². The third-order valence-corrected chi connectivity index (χ3v) is 7.50. The second-order valence-electron chi connectivity index (χ2n) is 7.98.